The zero-order chi connectivity index (χ0) is 20.0. The minimum absolute atomic E-state index is 0.0408. The Kier molecular flexibility index (Phi) is 6.67. The summed E-state index contributed by atoms with van der Waals surface area (Å²) < 4.78 is 0. The van der Waals surface area contributed by atoms with Crippen molar-refractivity contribution in [2.75, 3.05) is 18.9 Å². The van der Waals surface area contributed by atoms with Crippen LogP contribution in [0.2, 0.25) is 0 Å². The van der Waals surface area contributed by atoms with E-state index in [1.54, 1.807) is 31.3 Å². The van der Waals surface area contributed by atoms with Crippen LogP contribution >= 0.6 is 0 Å². The molecule has 0 heterocycles. The first-order chi connectivity index (χ1) is 12.8. The van der Waals surface area contributed by atoms with Gasteiger partial charge in [-0.2, -0.15) is 0 Å². The quantitative estimate of drug-likeness (QED) is 0.602. The first-order valence-corrected chi connectivity index (χ1v) is 8.62. The monoisotopic (exact) mass is 369 g/mol. The van der Waals surface area contributed by atoms with Crippen LogP contribution in [-0.4, -0.2) is 31.4 Å². The van der Waals surface area contributed by atoms with Gasteiger partial charge in [0.2, 0.25) is 0 Å². The van der Waals surface area contributed by atoms with Crippen molar-refractivity contribution in [3.63, 3.8) is 0 Å². The lowest BCUT2D eigenvalue weighted by atomic mass is 10.0. The number of aryl methyl sites for hydroxylation is 2. The fourth-order valence-corrected chi connectivity index (χ4v) is 2.92. The van der Waals surface area contributed by atoms with Crippen LogP contribution in [0.5, 0.6) is 0 Å². The Morgan fingerprint density at radius 2 is 1.74 bits per heavy atom. The zero-order valence-corrected chi connectivity index (χ0v) is 15.7. The average molecular weight is 369 g/mol. The maximum Gasteiger partial charge on any atom is 0.319 e. The number of nitrogens with two attached hydrogens (primary N) is 1. The molecule has 0 aliphatic carbocycles. The van der Waals surface area contributed by atoms with Gasteiger partial charge in [0, 0.05) is 11.3 Å². The zero-order valence-electron chi connectivity index (χ0n) is 15.7. The predicted molar refractivity (Wildman–Crippen MR) is 103 cm³/mol. The van der Waals surface area contributed by atoms with Crippen molar-refractivity contribution in [2.45, 2.75) is 19.9 Å². The number of primary amides is 1. The minimum atomic E-state index is -0.923. The number of carbonyl (C=O) groups is 3. The molecule has 0 fully saturated rings. The van der Waals surface area contributed by atoms with Crippen LogP contribution < -0.4 is 21.3 Å². The Morgan fingerprint density at radius 1 is 1.07 bits per heavy atom. The summed E-state index contributed by atoms with van der Waals surface area (Å²) >= 11 is 0. The number of benzene rings is 2. The summed E-state index contributed by atoms with van der Waals surface area (Å²) in [5, 5.41) is 4.99. The molecule has 0 saturated carbocycles. The highest BCUT2D eigenvalue weighted by atomic mass is 16.2. The molecule has 0 aromatic heterocycles. The van der Waals surface area contributed by atoms with E-state index in [0.29, 0.717) is 10.5 Å². The summed E-state index contributed by atoms with van der Waals surface area (Å²) in [4.78, 5) is 36.7. The number of quaternary nitrogens is 1. The SMILES string of the molecule is Cc1ccc(C)c(NC(=O)C[NH+](C)[C@@H](C(=O)NC(N)=O)c2ccccc2)c1. The molecule has 0 radical (unpaired) electrons. The highest BCUT2D eigenvalue weighted by Crippen LogP contribution is 2.16. The third kappa shape index (κ3) is 5.65. The number of imide groups is 1. The van der Waals surface area contributed by atoms with Crippen LogP contribution in [0.4, 0.5) is 10.5 Å². The molecular formula is C20H25N4O3+. The van der Waals surface area contributed by atoms with Crippen LogP contribution in [0.15, 0.2) is 48.5 Å². The van der Waals surface area contributed by atoms with Crippen LogP contribution in [0, 0.1) is 13.8 Å². The van der Waals surface area contributed by atoms with E-state index in [1.807, 2.05) is 38.1 Å². The molecular weight excluding hydrogens is 344 g/mol. The van der Waals surface area contributed by atoms with E-state index in [2.05, 4.69) is 10.6 Å². The number of hydrogen-bond donors (Lipinski definition) is 4. The maximum absolute atomic E-state index is 12.5. The Labute approximate surface area is 158 Å². The highest BCUT2D eigenvalue weighted by Gasteiger charge is 2.31. The van der Waals surface area contributed by atoms with E-state index in [-0.39, 0.29) is 12.5 Å². The average Bonchev–Trinajstić information content (AvgIpc) is 2.58. The van der Waals surface area contributed by atoms with Crippen molar-refractivity contribution >= 4 is 23.5 Å². The maximum atomic E-state index is 12.5. The lowest BCUT2D eigenvalue weighted by Crippen LogP contribution is -3.11. The molecule has 2 aromatic carbocycles. The number of urea groups is 1. The van der Waals surface area contributed by atoms with E-state index in [1.165, 1.54) is 0 Å². The predicted octanol–water partition coefficient (Wildman–Crippen LogP) is 0.693. The number of hydrogen-bond acceptors (Lipinski definition) is 3. The van der Waals surface area contributed by atoms with Crippen molar-refractivity contribution in [3.05, 3.63) is 65.2 Å². The lowest BCUT2D eigenvalue weighted by molar-refractivity contribution is -0.894. The van der Waals surface area contributed by atoms with Gasteiger partial charge in [-0.05, 0) is 31.0 Å². The van der Waals surface area contributed by atoms with Gasteiger partial charge in [0.1, 0.15) is 0 Å². The fourth-order valence-electron chi connectivity index (χ4n) is 2.92. The van der Waals surface area contributed by atoms with Gasteiger partial charge in [-0.1, -0.05) is 42.5 Å². The molecule has 7 heteroatoms. The standard InChI is InChI=1S/C20H24N4O3/c1-13-9-10-14(2)16(11-13)22-17(25)12-24(3)18(19(26)23-20(21)27)15-7-5-4-6-8-15/h4-11,18H,12H2,1-3H3,(H,22,25)(H3,21,23,26,27)/p+1/t18-/m1/s1. The van der Waals surface area contributed by atoms with E-state index >= 15 is 0 Å². The van der Waals surface area contributed by atoms with Crippen LogP contribution in [0.3, 0.4) is 0 Å². The summed E-state index contributed by atoms with van der Waals surface area (Å²) in [6.45, 7) is 3.91. The number of anilines is 1. The Balaban J connectivity index is 2.16. The van der Waals surface area contributed by atoms with Crippen LogP contribution in [0.1, 0.15) is 22.7 Å². The molecule has 1 unspecified atom stereocenters. The third-order valence-electron chi connectivity index (χ3n) is 4.24. The molecule has 0 spiro atoms. The Bertz CT molecular complexity index is 836. The molecule has 2 rings (SSSR count). The fraction of sp³-hybridized carbons (Fsp3) is 0.250. The number of rotatable bonds is 6. The van der Waals surface area contributed by atoms with Gasteiger partial charge >= 0.3 is 6.03 Å². The van der Waals surface area contributed by atoms with E-state index in [4.69, 9.17) is 5.73 Å². The number of likely N-dealkylation sites (N-methyl/N-ethyl adjacent to an activating group) is 1. The van der Waals surface area contributed by atoms with Crippen LogP contribution in [0.25, 0.3) is 0 Å². The molecule has 0 aliphatic rings. The summed E-state index contributed by atoms with van der Waals surface area (Å²) in [6, 6.07) is 13.1. The van der Waals surface area contributed by atoms with Gasteiger partial charge in [0.15, 0.2) is 12.6 Å². The first-order valence-electron chi connectivity index (χ1n) is 8.62. The second-order valence-electron chi connectivity index (χ2n) is 6.59. The van der Waals surface area contributed by atoms with Gasteiger partial charge in [0.05, 0.1) is 7.05 Å². The van der Waals surface area contributed by atoms with Gasteiger partial charge in [-0.25, -0.2) is 4.79 Å². The molecule has 27 heavy (non-hydrogen) atoms. The molecule has 2 aromatic rings. The minimum Gasteiger partial charge on any atom is -0.351 e. The van der Waals surface area contributed by atoms with Crippen molar-refractivity contribution in [1.82, 2.24) is 5.32 Å². The first kappa shape index (κ1) is 20.1. The molecule has 0 saturated heterocycles. The second kappa shape index (κ2) is 8.95. The smallest absolute Gasteiger partial charge is 0.319 e. The largest absolute Gasteiger partial charge is 0.351 e. The molecule has 4 amide bonds. The molecule has 5 N–H and O–H groups in total. The Hall–Kier alpha value is -3.19. The second-order valence-corrected chi connectivity index (χ2v) is 6.59. The summed E-state index contributed by atoms with van der Waals surface area (Å²) in [6.07, 6.45) is 0. The van der Waals surface area contributed by atoms with E-state index in [9.17, 15) is 14.4 Å². The normalized spacial score (nSPS) is 12.7. The van der Waals surface area contributed by atoms with Crippen molar-refractivity contribution in [1.29, 1.82) is 0 Å². The number of nitrogens with one attached hydrogen (secondary N) is 3. The summed E-state index contributed by atoms with van der Waals surface area (Å²) in [5.74, 6) is -0.778. The third-order valence-corrected chi connectivity index (χ3v) is 4.24. The molecule has 0 aliphatic heterocycles. The van der Waals surface area contributed by atoms with Crippen molar-refractivity contribution in [3.8, 4) is 0 Å². The summed E-state index contributed by atoms with van der Waals surface area (Å²) in [7, 11) is 1.72. The van der Waals surface area contributed by atoms with E-state index in [0.717, 1.165) is 16.8 Å². The van der Waals surface area contributed by atoms with Gasteiger partial charge < -0.3 is 16.0 Å². The van der Waals surface area contributed by atoms with E-state index < -0.39 is 18.0 Å². The molecule has 0 bridgehead atoms. The Morgan fingerprint density at radius 3 is 2.37 bits per heavy atom. The summed E-state index contributed by atoms with van der Waals surface area (Å²) in [5.41, 5.74) is 8.51. The molecule has 7 nitrogen and oxygen atoms in total. The van der Waals surface area contributed by atoms with Gasteiger partial charge in [-0.15, -0.1) is 0 Å². The highest BCUT2D eigenvalue weighted by molar-refractivity contribution is 5.96. The van der Waals surface area contributed by atoms with Crippen molar-refractivity contribution in [2.24, 2.45) is 5.73 Å². The number of amides is 4. The molecule has 2 atom stereocenters. The number of carbonyl (C=O) groups excluding carboxylic acids is 3. The van der Waals surface area contributed by atoms with Gasteiger partial charge in [-0.3, -0.25) is 14.9 Å². The topological polar surface area (TPSA) is 106 Å². The van der Waals surface area contributed by atoms with Crippen LogP contribution in [-0.2, 0) is 9.59 Å². The lowest BCUT2D eigenvalue weighted by Gasteiger charge is -2.23. The molecule has 142 valence electrons. The van der Waals surface area contributed by atoms with Crippen molar-refractivity contribution < 1.29 is 19.3 Å². The van der Waals surface area contributed by atoms with Gasteiger partial charge in [0.25, 0.3) is 11.8 Å².